The Labute approximate surface area is 96.7 Å². The van der Waals surface area contributed by atoms with Crippen LogP contribution in [0.2, 0.25) is 0 Å². The molecule has 0 saturated heterocycles. The molecule has 0 aliphatic rings. The maximum Gasteiger partial charge on any atom is 0.309 e. The quantitative estimate of drug-likeness (QED) is 0.597. The molecule has 1 unspecified atom stereocenters. The fourth-order valence-corrected chi connectivity index (χ4v) is 1.70. The Hall–Kier alpha value is -1.06. The van der Waals surface area contributed by atoms with Crippen LogP contribution in [0.3, 0.4) is 0 Å². The molecule has 0 amide bonds. The standard InChI is InChI=1S/C12H22O4/c1-3-4-8-12(2,11(15)16)9-6-5-7-10(13)14/h3-9H2,1-2H3,(H,13,14)(H,15,16). The topological polar surface area (TPSA) is 74.6 Å². The molecule has 4 nitrogen and oxygen atoms in total. The highest BCUT2D eigenvalue weighted by Crippen LogP contribution is 2.31. The summed E-state index contributed by atoms with van der Waals surface area (Å²) in [4.78, 5) is 21.5. The smallest absolute Gasteiger partial charge is 0.309 e. The van der Waals surface area contributed by atoms with Gasteiger partial charge in [-0.2, -0.15) is 0 Å². The van der Waals surface area contributed by atoms with Gasteiger partial charge in [-0.25, -0.2) is 0 Å². The first kappa shape index (κ1) is 14.9. The van der Waals surface area contributed by atoms with E-state index in [2.05, 4.69) is 0 Å². The monoisotopic (exact) mass is 230 g/mol. The van der Waals surface area contributed by atoms with Crippen molar-refractivity contribution >= 4 is 11.9 Å². The SMILES string of the molecule is CCCCC(C)(CCCCC(=O)O)C(=O)O. The van der Waals surface area contributed by atoms with Crippen LogP contribution in [-0.2, 0) is 9.59 Å². The lowest BCUT2D eigenvalue weighted by molar-refractivity contribution is -0.149. The van der Waals surface area contributed by atoms with Crippen LogP contribution in [0.15, 0.2) is 0 Å². The molecule has 0 aliphatic heterocycles. The first-order valence-electron chi connectivity index (χ1n) is 5.87. The van der Waals surface area contributed by atoms with Crippen molar-refractivity contribution in [2.75, 3.05) is 0 Å². The first-order valence-corrected chi connectivity index (χ1v) is 5.87. The molecule has 2 N–H and O–H groups in total. The van der Waals surface area contributed by atoms with Crippen molar-refractivity contribution in [3.05, 3.63) is 0 Å². The van der Waals surface area contributed by atoms with E-state index in [0.29, 0.717) is 25.7 Å². The third-order valence-corrected chi connectivity index (χ3v) is 2.97. The lowest BCUT2D eigenvalue weighted by Crippen LogP contribution is -2.27. The molecule has 0 fully saturated rings. The van der Waals surface area contributed by atoms with E-state index < -0.39 is 17.4 Å². The Morgan fingerprint density at radius 2 is 1.62 bits per heavy atom. The number of carboxylic acid groups (broad SMARTS) is 2. The van der Waals surface area contributed by atoms with Crippen LogP contribution in [0.5, 0.6) is 0 Å². The molecule has 0 aliphatic carbocycles. The molecular weight excluding hydrogens is 208 g/mol. The van der Waals surface area contributed by atoms with Crippen molar-refractivity contribution in [1.29, 1.82) is 0 Å². The van der Waals surface area contributed by atoms with Gasteiger partial charge in [0.25, 0.3) is 0 Å². The summed E-state index contributed by atoms with van der Waals surface area (Å²) < 4.78 is 0. The number of hydrogen-bond donors (Lipinski definition) is 2. The van der Waals surface area contributed by atoms with Crippen LogP contribution >= 0.6 is 0 Å². The number of hydrogen-bond acceptors (Lipinski definition) is 2. The summed E-state index contributed by atoms with van der Waals surface area (Å²) in [6, 6.07) is 0. The second-order valence-corrected chi connectivity index (χ2v) is 4.57. The van der Waals surface area contributed by atoms with Gasteiger partial charge in [0, 0.05) is 6.42 Å². The lowest BCUT2D eigenvalue weighted by Gasteiger charge is -2.24. The molecule has 16 heavy (non-hydrogen) atoms. The van der Waals surface area contributed by atoms with Gasteiger partial charge >= 0.3 is 11.9 Å². The average molecular weight is 230 g/mol. The molecule has 0 radical (unpaired) electrons. The van der Waals surface area contributed by atoms with Crippen LogP contribution in [0, 0.1) is 5.41 Å². The molecular formula is C12H22O4. The molecule has 0 saturated carbocycles. The Morgan fingerprint density at radius 3 is 2.06 bits per heavy atom. The molecule has 0 spiro atoms. The van der Waals surface area contributed by atoms with E-state index in [1.54, 1.807) is 6.92 Å². The largest absolute Gasteiger partial charge is 0.481 e. The molecule has 0 rings (SSSR count). The van der Waals surface area contributed by atoms with Gasteiger partial charge in [-0.15, -0.1) is 0 Å². The van der Waals surface area contributed by atoms with Crippen LogP contribution in [-0.4, -0.2) is 22.2 Å². The van der Waals surface area contributed by atoms with Crippen LogP contribution in [0.1, 0.15) is 58.8 Å². The van der Waals surface area contributed by atoms with Crippen LogP contribution < -0.4 is 0 Å². The zero-order chi connectivity index (χ0) is 12.6. The number of carboxylic acids is 2. The molecule has 0 heterocycles. The highest BCUT2D eigenvalue weighted by atomic mass is 16.4. The summed E-state index contributed by atoms with van der Waals surface area (Å²) in [5.41, 5.74) is -0.686. The highest BCUT2D eigenvalue weighted by Gasteiger charge is 2.31. The van der Waals surface area contributed by atoms with Gasteiger partial charge in [0.1, 0.15) is 0 Å². The summed E-state index contributed by atoms with van der Waals surface area (Å²) >= 11 is 0. The molecule has 94 valence electrons. The van der Waals surface area contributed by atoms with Crippen molar-refractivity contribution in [3.8, 4) is 0 Å². The summed E-state index contributed by atoms with van der Waals surface area (Å²) in [6.45, 7) is 3.79. The molecule has 0 aromatic rings. The fourth-order valence-electron chi connectivity index (χ4n) is 1.70. The van der Waals surface area contributed by atoms with E-state index in [0.717, 1.165) is 12.8 Å². The Bertz CT molecular complexity index is 237. The number of aliphatic carboxylic acids is 2. The minimum Gasteiger partial charge on any atom is -0.481 e. The van der Waals surface area contributed by atoms with E-state index in [1.165, 1.54) is 0 Å². The van der Waals surface area contributed by atoms with Crippen LogP contribution in [0.25, 0.3) is 0 Å². The van der Waals surface area contributed by atoms with Crippen molar-refractivity contribution in [1.82, 2.24) is 0 Å². The zero-order valence-corrected chi connectivity index (χ0v) is 10.2. The predicted octanol–water partition coefficient (Wildman–Crippen LogP) is 2.91. The Balaban J connectivity index is 4.02. The third kappa shape index (κ3) is 5.73. The minimum atomic E-state index is -0.814. The van der Waals surface area contributed by atoms with Crippen molar-refractivity contribution in [2.24, 2.45) is 5.41 Å². The van der Waals surface area contributed by atoms with E-state index >= 15 is 0 Å². The van der Waals surface area contributed by atoms with E-state index in [-0.39, 0.29) is 6.42 Å². The third-order valence-electron chi connectivity index (χ3n) is 2.97. The van der Waals surface area contributed by atoms with Gasteiger partial charge in [0.05, 0.1) is 5.41 Å². The fraction of sp³-hybridized carbons (Fsp3) is 0.833. The van der Waals surface area contributed by atoms with Gasteiger partial charge in [0.2, 0.25) is 0 Å². The van der Waals surface area contributed by atoms with E-state index in [4.69, 9.17) is 10.2 Å². The van der Waals surface area contributed by atoms with Crippen LogP contribution in [0.4, 0.5) is 0 Å². The second kappa shape index (κ2) is 7.25. The maximum atomic E-state index is 11.1. The van der Waals surface area contributed by atoms with E-state index in [1.807, 2.05) is 6.92 Å². The van der Waals surface area contributed by atoms with Gasteiger partial charge in [-0.05, 0) is 26.2 Å². The van der Waals surface area contributed by atoms with Gasteiger partial charge in [-0.1, -0.05) is 26.2 Å². The molecule has 4 heteroatoms. The number of rotatable bonds is 9. The molecule has 0 bridgehead atoms. The first-order chi connectivity index (χ1) is 7.42. The Morgan fingerprint density at radius 1 is 1.06 bits per heavy atom. The summed E-state index contributed by atoms with van der Waals surface area (Å²) in [7, 11) is 0. The van der Waals surface area contributed by atoms with Gasteiger partial charge < -0.3 is 10.2 Å². The normalized spacial score (nSPS) is 14.4. The average Bonchev–Trinajstić information content (AvgIpc) is 2.21. The molecule has 1 atom stereocenters. The summed E-state index contributed by atoms with van der Waals surface area (Å²) in [5, 5.41) is 17.6. The minimum absolute atomic E-state index is 0.128. The van der Waals surface area contributed by atoms with Gasteiger partial charge in [0.15, 0.2) is 0 Å². The molecule has 0 aromatic carbocycles. The zero-order valence-electron chi connectivity index (χ0n) is 10.2. The van der Waals surface area contributed by atoms with Gasteiger partial charge in [-0.3, -0.25) is 9.59 Å². The lowest BCUT2D eigenvalue weighted by atomic mass is 9.80. The second-order valence-electron chi connectivity index (χ2n) is 4.57. The number of carbonyl (C=O) groups is 2. The molecule has 0 aromatic heterocycles. The van der Waals surface area contributed by atoms with Crippen molar-refractivity contribution in [3.63, 3.8) is 0 Å². The predicted molar refractivity (Wildman–Crippen MR) is 61.4 cm³/mol. The summed E-state index contributed by atoms with van der Waals surface area (Å²) in [5.74, 6) is -1.58. The summed E-state index contributed by atoms with van der Waals surface area (Å²) in [6.07, 6.45) is 4.48. The van der Waals surface area contributed by atoms with Crippen molar-refractivity contribution < 1.29 is 19.8 Å². The van der Waals surface area contributed by atoms with E-state index in [9.17, 15) is 9.59 Å². The highest BCUT2D eigenvalue weighted by molar-refractivity contribution is 5.74. The maximum absolute atomic E-state index is 11.1. The van der Waals surface area contributed by atoms with Crippen molar-refractivity contribution in [2.45, 2.75) is 58.8 Å². The number of unbranched alkanes of at least 4 members (excludes halogenated alkanes) is 2. The Kier molecular flexibility index (Phi) is 6.77.